The maximum atomic E-state index is 11.0. The number of phenolic OH excluding ortho intramolecular Hbond substituents is 1. The topological polar surface area (TPSA) is 72.6 Å². The minimum atomic E-state index is -0.113. The van der Waals surface area contributed by atoms with Crippen molar-refractivity contribution in [2.24, 2.45) is 0 Å². The Morgan fingerprint density at radius 2 is 2.17 bits per heavy atom. The van der Waals surface area contributed by atoms with Gasteiger partial charge in [0.15, 0.2) is 6.29 Å². The summed E-state index contributed by atoms with van der Waals surface area (Å²) in [5, 5.41) is 11.0. The highest BCUT2D eigenvalue weighted by atomic mass is 16.5. The van der Waals surface area contributed by atoms with Gasteiger partial charge in [-0.3, -0.25) is 4.79 Å². The lowest BCUT2D eigenvalue weighted by Crippen LogP contribution is -1.93. The molecule has 90 valence electrons. The number of furan rings is 1. The van der Waals surface area contributed by atoms with Gasteiger partial charge in [0.1, 0.15) is 11.5 Å². The Bertz CT molecular complexity index is 760. The number of hydrogen-bond donors (Lipinski definition) is 1. The molecule has 0 bridgehead atoms. The van der Waals surface area contributed by atoms with Gasteiger partial charge in [-0.05, 0) is 18.2 Å². The molecule has 0 aliphatic rings. The zero-order valence-electron chi connectivity index (χ0n) is 9.51. The molecule has 0 amide bonds. The molecule has 0 atom stereocenters. The third-order valence-corrected chi connectivity index (χ3v) is 2.86. The molecule has 2 aromatic heterocycles. The van der Waals surface area contributed by atoms with E-state index in [1.807, 2.05) is 0 Å². The molecule has 2 heterocycles. The van der Waals surface area contributed by atoms with Gasteiger partial charge in [0.05, 0.1) is 29.8 Å². The van der Waals surface area contributed by atoms with Crippen molar-refractivity contribution in [3.8, 4) is 11.5 Å². The predicted molar refractivity (Wildman–Crippen MR) is 65.1 cm³/mol. The van der Waals surface area contributed by atoms with Crippen LogP contribution in [0.4, 0.5) is 0 Å². The summed E-state index contributed by atoms with van der Waals surface area (Å²) in [6.45, 7) is 0. The molecular weight excluding hydrogens is 234 g/mol. The Hall–Kier alpha value is -2.56. The number of carbonyl (C=O) groups excluding carboxylic acids is 1. The summed E-state index contributed by atoms with van der Waals surface area (Å²) in [4.78, 5) is 15.3. The van der Waals surface area contributed by atoms with E-state index in [-0.39, 0.29) is 11.3 Å². The van der Waals surface area contributed by atoms with Crippen molar-refractivity contribution < 1.29 is 19.1 Å². The number of aldehydes is 1. The lowest BCUT2D eigenvalue weighted by atomic mass is 10.1. The van der Waals surface area contributed by atoms with E-state index in [1.54, 1.807) is 12.1 Å². The Kier molecular flexibility index (Phi) is 2.19. The molecular formula is C13H9NO4. The van der Waals surface area contributed by atoms with E-state index >= 15 is 0 Å². The molecule has 3 rings (SSSR count). The van der Waals surface area contributed by atoms with Crippen molar-refractivity contribution >= 4 is 28.3 Å². The standard InChI is InChI=1S/C13H9NO4/c1-17-12-7-2-3-10(16)9(6-15)11(7)14-13-8(12)4-5-18-13/h2-6,16H,1H3. The molecule has 5 nitrogen and oxygen atoms in total. The van der Waals surface area contributed by atoms with Crippen LogP contribution in [0.15, 0.2) is 28.9 Å². The number of pyridine rings is 1. The van der Waals surface area contributed by atoms with Crippen molar-refractivity contribution in [1.29, 1.82) is 0 Å². The highest BCUT2D eigenvalue weighted by Crippen LogP contribution is 2.36. The molecule has 5 heteroatoms. The molecule has 18 heavy (non-hydrogen) atoms. The number of aromatic nitrogens is 1. The second-order valence-electron chi connectivity index (χ2n) is 3.80. The van der Waals surface area contributed by atoms with Gasteiger partial charge in [-0.2, -0.15) is 0 Å². The highest BCUT2D eigenvalue weighted by molar-refractivity contribution is 6.06. The summed E-state index contributed by atoms with van der Waals surface area (Å²) >= 11 is 0. The summed E-state index contributed by atoms with van der Waals surface area (Å²) in [6, 6.07) is 4.85. The average Bonchev–Trinajstić information content (AvgIpc) is 2.83. The molecule has 3 aromatic rings. The first-order valence-corrected chi connectivity index (χ1v) is 5.28. The van der Waals surface area contributed by atoms with Crippen LogP contribution in [-0.2, 0) is 0 Å². The van der Waals surface area contributed by atoms with Crippen LogP contribution in [0.25, 0.3) is 22.0 Å². The van der Waals surface area contributed by atoms with Crippen molar-refractivity contribution in [3.05, 3.63) is 30.0 Å². The molecule has 0 saturated heterocycles. The number of benzene rings is 1. The highest BCUT2D eigenvalue weighted by Gasteiger charge is 2.16. The van der Waals surface area contributed by atoms with Crippen molar-refractivity contribution in [1.82, 2.24) is 4.98 Å². The molecule has 0 radical (unpaired) electrons. The van der Waals surface area contributed by atoms with E-state index in [0.717, 1.165) is 5.39 Å². The number of aromatic hydroxyl groups is 1. The van der Waals surface area contributed by atoms with Gasteiger partial charge in [0, 0.05) is 5.39 Å². The van der Waals surface area contributed by atoms with Crippen LogP contribution in [0.1, 0.15) is 10.4 Å². The largest absolute Gasteiger partial charge is 0.507 e. The Labute approximate surface area is 102 Å². The van der Waals surface area contributed by atoms with E-state index in [1.165, 1.54) is 19.4 Å². The Morgan fingerprint density at radius 1 is 1.33 bits per heavy atom. The van der Waals surface area contributed by atoms with Crippen LogP contribution in [0.5, 0.6) is 11.5 Å². The van der Waals surface area contributed by atoms with E-state index in [2.05, 4.69) is 4.98 Å². The summed E-state index contributed by atoms with van der Waals surface area (Å²) in [5.41, 5.74) is 0.862. The van der Waals surface area contributed by atoms with E-state index in [0.29, 0.717) is 28.7 Å². The van der Waals surface area contributed by atoms with E-state index in [9.17, 15) is 9.90 Å². The van der Waals surface area contributed by atoms with Crippen LogP contribution in [-0.4, -0.2) is 23.5 Å². The first kappa shape index (κ1) is 10.6. The molecule has 0 spiro atoms. The molecule has 0 aliphatic heterocycles. The molecule has 0 fully saturated rings. The summed E-state index contributed by atoms with van der Waals surface area (Å²) in [5.74, 6) is 0.463. The second-order valence-corrected chi connectivity index (χ2v) is 3.80. The SMILES string of the molecule is COc1c2ccoc2nc2c(C=O)c(O)ccc12. The van der Waals surface area contributed by atoms with Crippen LogP contribution in [0.3, 0.4) is 0 Å². The van der Waals surface area contributed by atoms with Gasteiger partial charge >= 0.3 is 0 Å². The molecule has 0 aliphatic carbocycles. The monoisotopic (exact) mass is 243 g/mol. The quantitative estimate of drug-likeness (QED) is 0.700. The second kappa shape index (κ2) is 3.73. The van der Waals surface area contributed by atoms with Gasteiger partial charge in [0.2, 0.25) is 5.71 Å². The maximum absolute atomic E-state index is 11.0. The lowest BCUT2D eigenvalue weighted by Gasteiger charge is -2.08. The first-order valence-electron chi connectivity index (χ1n) is 5.28. The molecule has 0 unspecified atom stereocenters. The number of rotatable bonds is 2. The lowest BCUT2D eigenvalue weighted by molar-refractivity contribution is 0.112. The Balaban J connectivity index is 2.58. The van der Waals surface area contributed by atoms with Gasteiger partial charge in [-0.25, -0.2) is 4.98 Å². The normalized spacial score (nSPS) is 10.9. The average molecular weight is 243 g/mol. The van der Waals surface area contributed by atoms with Crippen LogP contribution < -0.4 is 4.74 Å². The van der Waals surface area contributed by atoms with E-state index < -0.39 is 0 Å². The fourth-order valence-electron chi connectivity index (χ4n) is 2.04. The minimum absolute atomic E-state index is 0.113. The number of fused-ring (bicyclic) bond motifs is 2. The third kappa shape index (κ3) is 1.27. The van der Waals surface area contributed by atoms with Crippen molar-refractivity contribution in [3.63, 3.8) is 0 Å². The molecule has 1 N–H and O–H groups in total. The number of carbonyl (C=O) groups is 1. The van der Waals surface area contributed by atoms with Crippen LogP contribution in [0.2, 0.25) is 0 Å². The van der Waals surface area contributed by atoms with Gasteiger partial charge in [-0.15, -0.1) is 0 Å². The summed E-state index contributed by atoms with van der Waals surface area (Å²) in [6.07, 6.45) is 2.07. The molecule has 1 aromatic carbocycles. The maximum Gasteiger partial charge on any atom is 0.230 e. The zero-order valence-corrected chi connectivity index (χ0v) is 9.51. The fourth-order valence-corrected chi connectivity index (χ4v) is 2.04. The third-order valence-electron chi connectivity index (χ3n) is 2.86. The number of hydrogen-bond acceptors (Lipinski definition) is 5. The summed E-state index contributed by atoms with van der Waals surface area (Å²) < 4.78 is 10.6. The minimum Gasteiger partial charge on any atom is -0.507 e. The predicted octanol–water partition coefficient (Wildman–Crippen LogP) is 2.51. The van der Waals surface area contributed by atoms with Gasteiger partial charge in [-0.1, -0.05) is 0 Å². The van der Waals surface area contributed by atoms with E-state index in [4.69, 9.17) is 9.15 Å². The molecule has 0 saturated carbocycles. The number of ether oxygens (including phenoxy) is 1. The number of nitrogens with zero attached hydrogens (tertiary/aromatic N) is 1. The van der Waals surface area contributed by atoms with Crippen LogP contribution in [0, 0.1) is 0 Å². The van der Waals surface area contributed by atoms with Crippen LogP contribution >= 0.6 is 0 Å². The Morgan fingerprint density at radius 3 is 2.89 bits per heavy atom. The fraction of sp³-hybridized carbons (Fsp3) is 0.0769. The number of phenols is 1. The van der Waals surface area contributed by atoms with Gasteiger partial charge < -0.3 is 14.3 Å². The summed E-state index contributed by atoms with van der Waals surface area (Å²) in [7, 11) is 1.54. The zero-order chi connectivity index (χ0) is 12.7. The first-order chi connectivity index (χ1) is 8.76. The van der Waals surface area contributed by atoms with Gasteiger partial charge in [0.25, 0.3) is 0 Å². The van der Waals surface area contributed by atoms with Crippen molar-refractivity contribution in [2.75, 3.05) is 7.11 Å². The smallest absolute Gasteiger partial charge is 0.230 e. The van der Waals surface area contributed by atoms with Crippen molar-refractivity contribution in [2.45, 2.75) is 0 Å². The number of methoxy groups -OCH3 is 1.